The van der Waals surface area contributed by atoms with Gasteiger partial charge in [-0.15, -0.1) is 0 Å². The van der Waals surface area contributed by atoms with Gasteiger partial charge in [-0.2, -0.15) is 0 Å². The van der Waals surface area contributed by atoms with E-state index in [2.05, 4.69) is 10.6 Å². The van der Waals surface area contributed by atoms with Crippen LogP contribution in [-0.2, 0) is 4.79 Å². The first-order valence-electron chi connectivity index (χ1n) is 6.93. The van der Waals surface area contributed by atoms with Crippen molar-refractivity contribution in [2.45, 2.75) is 6.92 Å². The fourth-order valence-corrected chi connectivity index (χ4v) is 2.12. The van der Waals surface area contributed by atoms with E-state index in [9.17, 15) is 14.9 Å². The molecule has 0 bridgehead atoms. The number of carbonyl (C=O) groups excluding carboxylic acids is 1. The molecule has 7 nitrogen and oxygen atoms in total. The van der Waals surface area contributed by atoms with E-state index in [0.717, 1.165) is 0 Å². The Morgan fingerprint density at radius 3 is 2.65 bits per heavy atom. The van der Waals surface area contributed by atoms with E-state index in [0.29, 0.717) is 17.0 Å². The molecule has 0 aliphatic carbocycles. The van der Waals surface area contributed by atoms with E-state index in [1.807, 2.05) is 12.1 Å². The number of ether oxygens (including phenoxy) is 1. The standard InChI is InChI=1S/C16H17N3O4/c1-11-6-5-8-13(19(21)22)16(11)18-15(20)10-17-12-7-3-4-9-14(12)23-2/h3-9,17H,10H2,1-2H3,(H,18,20). The average molecular weight is 315 g/mol. The number of hydrogen-bond acceptors (Lipinski definition) is 5. The molecule has 0 saturated heterocycles. The van der Waals surface area contributed by atoms with Gasteiger partial charge in [0.1, 0.15) is 11.4 Å². The summed E-state index contributed by atoms with van der Waals surface area (Å²) in [7, 11) is 1.54. The van der Waals surface area contributed by atoms with E-state index in [4.69, 9.17) is 4.74 Å². The number of amides is 1. The number of nitrogens with one attached hydrogen (secondary N) is 2. The Balaban J connectivity index is 2.07. The van der Waals surface area contributed by atoms with Crippen LogP contribution in [0.4, 0.5) is 17.1 Å². The first-order valence-corrected chi connectivity index (χ1v) is 6.93. The van der Waals surface area contributed by atoms with Crippen molar-refractivity contribution in [2.24, 2.45) is 0 Å². The second-order valence-electron chi connectivity index (χ2n) is 4.83. The van der Waals surface area contributed by atoms with E-state index < -0.39 is 4.92 Å². The highest BCUT2D eigenvalue weighted by Gasteiger charge is 2.17. The minimum Gasteiger partial charge on any atom is -0.495 e. The summed E-state index contributed by atoms with van der Waals surface area (Å²) in [6, 6.07) is 11.8. The van der Waals surface area contributed by atoms with Gasteiger partial charge in [0.15, 0.2) is 0 Å². The first-order chi connectivity index (χ1) is 11.0. The van der Waals surface area contributed by atoms with Gasteiger partial charge in [-0.05, 0) is 24.6 Å². The van der Waals surface area contributed by atoms with Crippen molar-refractivity contribution in [3.05, 3.63) is 58.1 Å². The zero-order chi connectivity index (χ0) is 16.8. The molecule has 0 fully saturated rings. The van der Waals surface area contributed by atoms with Gasteiger partial charge in [-0.1, -0.05) is 24.3 Å². The van der Waals surface area contributed by atoms with Gasteiger partial charge >= 0.3 is 0 Å². The number of nitro benzene ring substituents is 1. The van der Waals surface area contributed by atoms with Crippen molar-refractivity contribution in [1.29, 1.82) is 0 Å². The second kappa shape index (κ2) is 7.26. The Kier molecular flexibility index (Phi) is 5.14. The lowest BCUT2D eigenvalue weighted by Crippen LogP contribution is -2.23. The molecule has 0 radical (unpaired) electrons. The van der Waals surface area contributed by atoms with Gasteiger partial charge in [0, 0.05) is 6.07 Å². The van der Waals surface area contributed by atoms with Gasteiger partial charge in [0.25, 0.3) is 5.69 Å². The quantitative estimate of drug-likeness (QED) is 0.631. The SMILES string of the molecule is COc1ccccc1NCC(=O)Nc1c(C)cccc1[N+](=O)[O-]. The molecule has 0 atom stereocenters. The third kappa shape index (κ3) is 3.97. The van der Waals surface area contributed by atoms with Crippen LogP contribution >= 0.6 is 0 Å². The van der Waals surface area contributed by atoms with Crippen LogP contribution in [-0.4, -0.2) is 24.5 Å². The van der Waals surface area contributed by atoms with Crippen LogP contribution < -0.4 is 15.4 Å². The summed E-state index contributed by atoms with van der Waals surface area (Å²) < 4.78 is 5.18. The molecular formula is C16H17N3O4. The zero-order valence-corrected chi connectivity index (χ0v) is 12.8. The van der Waals surface area contributed by atoms with Crippen LogP contribution in [0.25, 0.3) is 0 Å². The van der Waals surface area contributed by atoms with Gasteiger partial charge in [-0.3, -0.25) is 14.9 Å². The normalized spacial score (nSPS) is 10.0. The van der Waals surface area contributed by atoms with Crippen molar-refractivity contribution < 1.29 is 14.5 Å². The molecule has 0 aliphatic rings. The molecular weight excluding hydrogens is 298 g/mol. The van der Waals surface area contributed by atoms with Crippen molar-refractivity contribution in [1.82, 2.24) is 0 Å². The Labute approximate surface area is 133 Å². The van der Waals surface area contributed by atoms with Crippen LogP contribution in [0.2, 0.25) is 0 Å². The molecule has 23 heavy (non-hydrogen) atoms. The average Bonchev–Trinajstić information content (AvgIpc) is 2.54. The molecule has 120 valence electrons. The number of carbonyl (C=O) groups is 1. The summed E-state index contributed by atoms with van der Waals surface area (Å²) in [6.45, 7) is 1.67. The highest BCUT2D eigenvalue weighted by molar-refractivity contribution is 5.96. The predicted molar refractivity (Wildman–Crippen MR) is 87.9 cm³/mol. The van der Waals surface area contributed by atoms with Crippen molar-refractivity contribution >= 4 is 23.0 Å². The smallest absolute Gasteiger partial charge is 0.293 e. The fraction of sp³-hybridized carbons (Fsp3) is 0.188. The number of aryl methyl sites for hydroxylation is 1. The molecule has 0 spiro atoms. The Morgan fingerprint density at radius 1 is 1.22 bits per heavy atom. The zero-order valence-electron chi connectivity index (χ0n) is 12.8. The summed E-state index contributed by atoms with van der Waals surface area (Å²) in [5.74, 6) is 0.232. The topological polar surface area (TPSA) is 93.5 Å². The maximum Gasteiger partial charge on any atom is 0.293 e. The Hall–Kier alpha value is -3.09. The van der Waals surface area contributed by atoms with E-state index >= 15 is 0 Å². The molecule has 2 aromatic carbocycles. The number of rotatable bonds is 6. The fourth-order valence-electron chi connectivity index (χ4n) is 2.12. The molecule has 2 rings (SSSR count). The first kappa shape index (κ1) is 16.3. The second-order valence-corrected chi connectivity index (χ2v) is 4.83. The monoisotopic (exact) mass is 315 g/mol. The molecule has 0 heterocycles. The third-order valence-corrected chi connectivity index (χ3v) is 3.26. The molecule has 0 saturated carbocycles. The van der Waals surface area contributed by atoms with Crippen LogP contribution in [0.1, 0.15) is 5.56 Å². The maximum atomic E-state index is 12.1. The summed E-state index contributed by atoms with van der Waals surface area (Å²) in [6.07, 6.45) is 0. The number of nitrogens with zero attached hydrogens (tertiary/aromatic N) is 1. The van der Waals surface area contributed by atoms with Crippen molar-refractivity contribution in [3.8, 4) is 5.75 Å². The van der Waals surface area contributed by atoms with E-state index in [-0.39, 0.29) is 23.8 Å². The van der Waals surface area contributed by atoms with Crippen LogP contribution in [0, 0.1) is 17.0 Å². The molecule has 2 aromatic rings. The summed E-state index contributed by atoms with van der Waals surface area (Å²) in [5.41, 5.74) is 1.38. The van der Waals surface area contributed by atoms with Gasteiger partial charge < -0.3 is 15.4 Å². The number of para-hydroxylation sites is 3. The summed E-state index contributed by atoms with van der Waals surface area (Å²) in [4.78, 5) is 22.6. The highest BCUT2D eigenvalue weighted by atomic mass is 16.6. The molecule has 0 unspecified atom stereocenters. The maximum absolute atomic E-state index is 12.1. The van der Waals surface area contributed by atoms with E-state index in [1.54, 1.807) is 31.2 Å². The minimum absolute atomic E-state index is 0.0359. The predicted octanol–water partition coefficient (Wildman–Crippen LogP) is 2.96. The van der Waals surface area contributed by atoms with Crippen molar-refractivity contribution in [3.63, 3.8) is 0 Å². The number of benzene rings is 2. The highest BCUT2D eigenvalue weighted by Crippen LogP contribution is 2.27. The Morgan fingerprint density at radius 2 is 1.96 bits per heavy atom. The molecule has 2 N–H and O–H groups in total. The molecule has 1 amide bonds. The largest absolute Gasteiger partial charge is 0.495 e. The van der Waals surface area contributed by atoms with Crippen LogP contribution in [0.5, 0.6) is 5.75 Å². The number of nitro groups is 1. The number of methoxy groups -OCH3 is 1. The van der Waals surface area contributed by atoms with Gasteiger partial charge in [0.05, 0.1) is 24.3 Å². The van der Waals surface area contributed by atoms with Crippen molar-refractivity contribution in [2.75, 3.05) is 24.3 Å². The number of anilines is 2. The van der Waals surface area contributed by atoms with Gasteiger partial charge in [0.2, 0.25) is 5.91 Å². The third-order valence-electron chi connectivity index (χ3n) is 3.26. The lowest BCUT2D eigenvalue weighted by Gasteiger charge is -2.12. The van der Waals surface area contributed by atoms with E-state index in [1.165, 1.54) is 13.2 Å². The summed E-state index contributed by atoms with van der Waals surface area (Å²) in [5, 5.41) is 16.6. The molecule has 0 aromatic heterocycles. The van der Waals surface area contributed by atoms with Gasteiger partial charge in [-0.25, -0.2) is 0 Å². The molecule has 0 aliphatic heterocycles. The lowest BCUT2D eigenvalue weighted by molar-refractivity contribution is -0.384. The minimum atomic E-state index is -0.518. The Bertz CT molecular complexity index is 731. The van der Waals surface area contributed by atoms with Crippen LogP contribution in [0.15, 0.2) is 42.5 Å². The molecule has 7 heteroatoms. The number of hydrogen-bond donors (Lipinski definition) is 2. The summed E-state index contributed by atoms with van der Waals surface area (Å²) >= 11 is 0. The lowest BCUT2D eigenvalue weighted by atomic mass is 10.1. The van der Waals surface area contributed by atoms with Crippen LogP contribution in [0.3, 0.4) is 0 Å².